The molecule has 0 atom stereocenters. The van der Waals surface area contributed by atoms with Crippen LogP contribution in [0.4, 0.5) is 0 Å². The molecular weight excluding hydrogens is 326 g/mol. The van der Waals surface area contributed by atoms with Crippen molar-refractivity contribution in [2.75, 3.05) is 32.7 Å². The van der Waals surface area contributed by atoms with Gasteiger partial charge < -0.3 is 14.6 Å². The van der Waals surface area contributed by atoms with Gasteiger partial charge in [0.25, 0.3) is 0 Å². The number of hydrogen-bond donors (Lipinski definition) is 1. The van der Waals surface area contributed by atoms with Crippen LogP contribution < -0.4 is 5.32 Å². The Hall–Kier alpha value is -2.34. The number of benzene rings is 1. The second-order valence-corrected chi connectivity index (χ2v) is 6.67. The molecule has 0 spiro atoms. The Kier molecular flexibility index (Phi) is 6.28. The molecule has 0 saturated carbocycles. The van der Waals surface area contributed by atoms with E-state index >= 15 is 0 Å². The van der Waals surface area contributed by atoms with Gasteiger partial charge in [-0.2, -0.15) is 0 Å². The molecule has 0 bridgehead atoms. The lowest BCUT2D eigenvalue weighted by molar-refractivity contribution is 0.172. The second kappa shape index (κ2) is 8.85. The summed E-state index contributed by atoms with van der Waals surface area (Å²) in [5, 5.41) is 3.40. The third kappa shape index (κ3) is 4.85. The number of rotatable bonds is 5. The van der Waals surface area contributed by atoms with Crippen LogP contribution in [0.2, 0.25) is 0 Å². The lowest BCUT2D eigenvalue weighted by Crippen LogP contribution is -2.52. The van der Waals surface area contributed by atoms with Crippen molar-refractivity contribution in [3.8, 4) is 0 Å². The average molecular weight is 355 g/mol. The highest BCUT2D eigenvalue weighted by Crippen LogP contribution is 2.11. The minimum Gasteiger partial charge on any atom is -0.444 e. The highest BCUT2D eigenvalue weighted by molar-refractivity contribution is 5.80. The van der Waals surface area contributed by atoms with Gasteiger partial charge in [0, 0.05) is 39.3 Å². The van der Waals surface area contributed by atoms with E-state index in [1.165, 1.54) is 5.56 Å². The van der Waals surface area contributed by atoms with E-state index in [0.717, 1.165) is 56.7 Å². The third-order valence-corrected chi connectivity index (χ3v) is 4.69. The minimum atomic E-state index is 0.473. The van der Waals surface area contributed by atoms with Crippen LogP contribution in [0.5, 0.6) is 0 Å². The molecule has 1 aliphatic heterocycles. The van der Waals surface area contributed by atoms with Gasteiger partial charge in [0.15, 0.2) is 5.96 Å². The monoisotopic (exact) mass is 355 g/mol. The third-order valence-electron chi connectivity index (χ3n) is 4.69. The number of nitrogens with one attached hydrogen (secondary N) is 1. The summed E-state index contributed by atoms with van der Waals surface area (Å²) >= 11 is 0. The van der Waals surface area contributed by atoms with Crippen molar-refractivity contribution in [1.82, 2.24) is 20.1 Å². The molecule has 3 rings (SSSR count). The van der Waals surface area contributed by atoms with Gasteiger partial charge in [-0.3, -0.25) is 4.90 Å². The van der Waals surface area contributed by atoms with Gasteiger partial charge in [-0.25, -0.2) is 9.98 Å². The molecule has 1 fully saturated rings. The quantitative estimate of drug-likeness (QED) is 0.660. The molecule has 1 aromatic heterocycles. The summed E-state index contributed by atoms with van der Waals surface area (Å²) < 4.78 is 5.64. The molecule has 6 nitrogen and oxygen atoms in total. The predicted octanol–water partition coefficient (Wildman–Crippen LogP) is 2.57. The van der Waals surface area contributed by atoms with Crippen LogP contribution in [0.15, 0.2) is 39.7 Å². The van der Waals surface area contributed by atoms with Crippen LogP contribution in [-0.4, -0.2) is 53.5 Å². The number of aromatic nitrogens is 1. The molecule has 2 heterocycles. The van der Waals surface area contributed by atoms with Crippen LogP contribution in [0, 0.1) is 13.8 Å². The molecule has 2 aromatic rings. The summed E-state index contributed by atoms with van der Waals surface area (Å²) in [5.74, 6) is 2.49. The zero-order valence-corrected chi connectivity index (χ0v) is 16.0. The fourth-order valence-electron chi connectivity index (χ4n) is 3.13. The van der Waals surface area contributed by atoms with Gasteiger partial charge in [-0.15, -0.1) is 0 Å². The summed E-state index contributed by atoms with van der Waals surface area (Å²) in [5.41, 5.74) is 2.31. The zero-order valence-electron chi connectivity index (χ0n) is 16.0. The van der Waals surface area contributed by atoms with Crippen molar-refractivity contribution in [1.29, 1.82) is 0 Å². The smallest absolute Gasteiger partial charge is 0.216 e. The van der Waals surface area contributed by atoms with Crippen LogP contribution >= 0.6 is 0 Å². The van der Waals surface area contributed by atoms with Gasteiger partial charge in [0.05, 0.1) is 5.69 Å². The molecule has 1 saturated heterocycles. The summed E-state index contributed by atoms with van der Waals surface area (Å²) in [6.07, 6.45) is 0. The van der Waals surface area contributed by atoms with Crippen LogP contribution in [0.3, 0.4) is 0 Å². The van der Waals surface area contributed by atoms with Gasteiger partial charge in [0.2, 0.25) is 5.89 Å². The standard InChI is InChI=1S/C20H29N5O/c1-4-21-20(22-14-19-23-16(2)17(3)26-19)25-12-10-24(11-13-25)15-18-8-6-5-7-9-18/h5-9H,4,10-15H2,1-3H3,(H,21,22). The van der Waals surface area contributed by atoms with E-state index in [9.17, 15) is 0 Å². The van der Waals surface area contributed by atoms with Crippen LogP contribution in [-0.2, 0) is 13.1 Å². The molecule has 0 aliphatic carbocycles. The molecule has 26 heavy (non-hydrogen) atoms. The Balaban J connectivity index is 1.56. The topological polar surface area (TPSA) is 56.9 Å². The van der Waals surface area contributed by atoms with Crippen molar-refractivity contribution in [3.63, 3.8) is 0 Å². The molecule has 0 unspecified atom stereocenters. The minimum absolute atomic E-state index is 0.473. The number of guanidine groups is 1. The summed E-state index contributed by atoms with van der Waals surface area (Å²) in [6, 6.07) is 10.7. The van der Waals surface area contributed by atoms with Gasteiger partial charge >= 0.3 is 0 Å². The molecule has 1 N–H and O–H groups in total. The molecule has 140 valence electrons. The SMILES string of the molecule is CCNC(=NCc1nc(C)c(C)o1)N1CCN(Cc2ccccc2)CC1. The highest BCUT2D eigenvalue weighted by Gasteiger charge is 2.19. The number of aryl methyl sites for hydroxylation is 2. The van der Waals surface area contributed by atoms with Crippen molar-refractivity contribution >= 4 is 5.96 Å². The van der Waals surface area contributed by atoms with Crippen molar-refractivity contribution in [2.45, 2.75) is 33.9 Å². The first kappa shape index (κ1) is 18.5. The van der Waals surface area contributed by atoms with Gasteiger partial charge in [0.1, 0.15) is 12.3 Å². The van der Waals surface area contributed by atoms with Crippen molar-refractivity contribution < 1.29 is 4.42 Å². The van der Waals surface area contributed by atoms with E-state index in [0.29, 0.717) is 12.4 Å². The van der Waals surface area contributed by atoms with Crippen LogP contribution in [0.1, 0.15) is 29.8 Å². The molecule has 6 heteroatoms. The maximum atomic E-state index is 5.64. The van der Waals surface area contributed by atoms with E-state index in [1.807, 2.05) is 13.8 Å². The fourth-order valence-corrected chi connectivity index (χ4v) is 3.13. The summed E-state index contributed by atoms with van der Waals surface area (Å²) in [6.45, 7) is 12.4. The number of nitrogens with zero attached hydrogens (tertiary/aromatic N) is 4. The Morgan fingerprint density at radius 2 is 1.88 bits per heavy atom. The molecular formula is C20H29N5O. The van der Waals surface area contributed by atoms with Gasteiger partial charge in [-0.1, -0.05) is 30.3 Å². The number of oxazole rings is 1. The molecule has 1 aromatic carbocycles. The Morgan fingerprint density at radius 3 is 2.50 bits per heavy atom. The number of hydrogen-bond acceptors (Lipinski definition) is 4. The number of piperazine rings is 1. The van der Waals surface area contributed by atoms with E-state index in [1.54, 1.807) is 0 Å². The number of aliphatic imine (C=N–C) groups is 1. The first-order chi connectivity index (χ1) is 12.7. The molecule has 0 radical (unpaired) electrons. The maximum Gasteiger partial charge on any atom is 0.216 e. The molecule has 0 amide bonds. The van der Waals surface area contributed by atoms with E-state index in [-0.39, 0.29) is 0 Å². The Morgan fingerprint density at radius 1 is 1.15 bits per heavy atom. The lowest BCUT2D eigenvalue weighted by atomic mass is 10.2. The Bertz CT molecular complexity index is 698. The highest BCUT2D eigenvalue weighted by atomic mass is 16.4. The lowest BCUT2D eigenvalue weighted by Gasteiger charge is -2.36. The van der Waals surface area contributed by atoms with E-state index in [2.05, 4.69) is 57.4 Å². The van der Waals surface area contributed by atoms with E-state index in [4.69, 9.17) is 9.41 Å². The second-order valence-electron chi connectivity index (χ2n) is 6.67. The Labute approximate surface area is 155 Å². The normalized spacial score (nSPS) is 16.1. The van der Waals surface area contributed by atoms with Crippen LogP contribution in [0.25, 0.3) is 0 Å². The van der Waals surface area contributed by atoms with Gasteiger partial charge in [-0.05, 0) is 26.3 Å². The average Bonchev–Trinajstić information content (AvgIpc) is 2.98. The fraction of sp³-hybridized carbons (Fsp3) is 0.500. The summed E-state index contributed by atoms with van der Waals surface area (Å²) in [7, 11) is 0. The first-order valence-electron chi connectivity index (χ1n) is 9.38. The van der Waals surface area contributed by atoms with E-state index < -0.39 is 0 Å². The van der Waals surface area contributed by atoms with Crippen molar-refractivity contribution in [3.05, 3.63) is 53.2 Å². The largest absolute Gasteiger partial charge is 0.444 e. The summed E-state index contributed by atoms with van der Waals surface area (Å²) in [4.78, 5) is 14.0. The predicted molar refractivity (Wildman–Crippen MR) is 104 cm³/mol. The van der Waals surface area contributed by atoms with Crippen molar-refractivity contribution in [2.24, 2.45) is 4.99 Å². The molecule has 1 aliphatic rings. The first-order valence-corrected chi connectivity index (χ1v) is 9.38. The zero-order chi connectivity index (χ0) is 18.4. The maximum absolute atomic E-state index is 5.64.